The predicted molar refractivity (Wildman–Crippen MR) is 29.4 cm³/mol. The van der Waals surface area contributed by atoms with Crippen LogP contribution < -0.4 is 5.73 Å². The first-order valence-electron chi connectivity index (χ1n) is 2.99. The average Bonchev–Trinajstić information content (AvgIpc) is 2.00. The number of rotatable bonds is 3. The van der Waals surface area contributed by atoms with Crippen molar-refractivity contribution in [2.75, 3.05) is 0 Å². The molecule has 0 bridgehead atoms. The summed E-state index contributed by atoms with van der Waals surface area (Å²) in [7, 11) is 0. The average molecular weight is 247 g/mol. The molecule has 0 aliphatic heterocycles. The summed E-state index contributed by atoms with van der Waals surface area (Å²) in [6.07, 6.45) is -3.83. The molecule has 0 radical (unpaired) electrons. The summed E-state index contributed by atoms with van der Waals surface area (Å²) in [5, 5.41) is 0. The van der Waals surface area contributed by atoms with Crippen LogP contribution in [0.2, 0.25) is 0 Å². The van der Waals surface area contributed by atoms with Gasteiger partial charge in [-0.1, -0.05) is 0 Å². The van der Waals surface area contributed by atoms with Gasteiger partial charge < -0.3 is 0 Å². The molecular weight excluding hydrogens is 245 g/mol. The molecule has 0 spiro atoms. The maximum atomic E-state index is 12.1. The number of halogens is 9. The van der Waals surface area contributed by atoms with E-state index in [1.165, 1.54) is 0 Å². The second-order valence-electron chi connectivity index (χ2n) is 2.35. The Kier molecular flexibility index (Phi) is 3.36. The number of hydrogen-bond acceptors (Lipinski definition) is 1. The van der Waals surface area contributed by atoms with Crippen molar-refractivity contribution < 1.29 is 39.5 Å². The Balaban J connectivity index is 5.49. The van der Waals surface area contributed by atoms with Gasteiger partial charge in [0.2, 0.25) is 5.83 Å². The Morgan fingerprint density at radius 1 is 0.800 bits per heavy atom. The Morgan fingerprint density at radius 2 is 1.13 bits per heavy atom. The van der Waals surface area contributed by atoms with Crippen molar-refractivity contribution in [1.82, 2.24) is 0 Å². The van der Waals surface area contributed by atoms with E-state index in [2.05, 4.69) is 5.73 Å². The summed E-state index contributed by atoms with van der Waals surface area (Å²) in [5.41, 5.74) is 3.34. The summed E-state index contributed by atoms with van der Waals surface area (Å²) >= 11 is 0. The van der Waals surface area contributed by atoms with Crippen LogP contribution in [0.5, 0.6) is 0 Å². The normalized spacial score (nSPS) is 14.0. The number of allylic oxidation sites excluding steroid dienone is 1. The van der Waals surface area contributed by atoms with Crippen LogP contribution in [0.3, 0.4) is 0 Å². The topological polar surface area (TPSA) is 26.0 Å². The molecule has 0 aromatic rings. The standard InChI is InChI=1S/C5H2F9N/c6-1(2(7)8)3(9,10)4(11,12)5(13,14)15/h15H2. The fraction of sp³-hybridized carbons (Fsp3) is 0.600. The van der Waals surface area contributed by atoms with E-state index in [0.29, 0.717) is 0 Å². The second-order valence-corrected chi connectivity index (χ2v) is 2.35. The lowest BCUT2D eigenvalue weighted by Gasteiger charge is -2.28. The van der Waals surface area contributed by atoms with Gasteiger partial charge in [0.05, 0.1) is 0 Å². The zero-order chi connectivity index (χ0) is 12.7. The molecule has 0 rings (SSSR count). The molecule has 0 unspecified atom stereocenters. The van der Waals surface area contributed by atoms with Crippen LogP contribution in [0.4, 0.5) is 39.5 Å². The van der Waals surface area contributed by atoms with Gasteiger partial charge in [-0.25, -0.2) is 0 Å². The molecular formula is C5H2F9N. The van der Waals surface area contributed by atoms with Crippen LogP contribution >= 0.6 is 0 Å². The molecule has 2 N–H and O–H groups in total. The molecule has 10 heteroatoms. The molecule has 0 fully saturated rings. The first-order chi connectivity index (χ1) is 6.35. The Labute approximate surface area is 76.3 Å². The molecule has 0 heterocycles. The van der Waals surface area contributed by atoms with E-state index < -0.39 is 29.8 Å². The zero-order valence-electron chi connectivity index (χ0n) is 6.48. The van der Waals surface area contributed by atoms with E-state index in [4.69, 9.17) is 0 Å². The lowest BCUT2D eigenvalue weighted by atomic mass is 10.1. The highest BCUT2D eigenvalue weighted by Crippen LogP contribution is 2.48. The SMILES string of the molecule is NC(F)(F)C(F)(F)C(F)(F)C(F)=C(F)F. The molecule has 0 aromatic carbocycles. The molecule has 0 saturated carbocycles. The number of nitrogens with two attached hydrogens (primary N) is 1. The number of hydrogen-bond donors (Lipinski definition) is 1. The van der Waals surface area contributed by atoms with Gasteiger partial charge in [-0.15, -0.1) is 0 Å². The quantitative estimate of drug-likeness (QED) is 0.602. The summed E-state index contributed by atoms with van der Waals surface area (Å²) < 4.78 is 106. The molecule has 0 atom stereocenters. The highest BCUT2D eigenvalue weighted by Gasteiger charge is 2.73. The van der Waals surface area contributed by atoms with Crippen molar-refractivity contribution in [3.8, 4) is 0 Å². The van der Waals surface area contributed by atoms with Crippen molar-refractivity contribution in [2.24, 2.45) is 5.73 Å². The summed E-state index contributed by atoms with van der Waals surface area (Å²) in [4.78, 5) is 0. The Morgan fingerprint density at radius 3 is 1.33 bits per heavy atom. The molecule has 90 valence electrons. The van der Waals surface area contributed by atoms with Crippen LogP contribution in [-0.4, -0.2) is 17.9 Å². The third kappa shape index (κ3) is 2.19. The molecule has 0 saturated heterocycles. The van der Waals surface area contributed by atoms with Crippen LogP contribution in [0.1, 0.15) is 0 Å². The molecule has 15 heavy (non-hydrogen) atoms. The van der Waals surface area contributed by atoms with Gasteiger partial charge in [-0.3, -0.25) is 5.73 Å². The maximum Gasteiger partial charge on any atom is 0.392 e. The molecule has 0 amide bonds. The van der Waals surface area contributed by atoms with Crippen LogP contribution in [0, 0.1) is 0 Å². The highest BCUT2D eigenvalue weighted by atomic mass is 19.4. The van der Waals surface area contributed by atoms with Gasteiger partial charge in [-0.2, -0.15) is 39.5 Å². The van der Waals surface area contributed by atoms with Crippen molar-refractivity contribution in [2.45, 2.75) is 17.9 Å². The second kappa shape index (κ2) is 3.58. The third-order valence-electron chi connectivity index (χ3n) is 1.25. The lowest BCUT2D eigenvalue weighted by molar-refractivity contribution is -0.299. The minimum Gasteiger partial charge on any atom is -0.267 e. The highest BCUT2D eigenvalue weighted by molar-refractivity contribution is 5.13. The summed E-state index contributed by atoms with van der Waals surface area (Å²) in [5.74, 6) is -16.8. The third-order valence-corrected chi connectivity index (χ3v) is 1.25. The van der Waals surface area contributed by atoms with E-state index in [1.54, 1.807) is 0 Å². The number of alkyl halides is 6. The zero-order valence-corrected chi connectivity index (χ0v) is 6.48. The largest absolute Gasteiger partial charge is 0.392 e. The van der Waals surface area contributed by atoms with Gasteiger partial charge in [0, 0.05) is 0 Å². The minimum atomic E-state index is -6.46. The Bertz CT molecular complexity index is 271. The minimum absolute atomic E-state index is 3.34. The first-order valence-corrected chi connectivity index (χ1v) is 2.99. The lowest BCUT2D eigenvalue weighted by Crippen LogP contribution is -2.59. The van der Waals surface area contributed by atoms with Crippen LogP contribution in [0.25, 0.3) is 0 Å². The Hall–Kier alpha value is -0.930. The van der Waals surface area contributed by atoms with E-state index in [9.17, 15) is 39.5 Å². The van der Waals surface area contributed by atoms with Gasteiger partial charge >= 0.3 is 24.0 Å². The van der Waals surface area contributed by atoms with E-state index in [0.717, 1.165) is 0 Å². The van der Waals surface area contributed by atoms with Crippen molar-refractivity contribution in [3.05, 3.63) is 11.9 Å². The van der Waals surface area contributed by atoms with Gasteiger partial charge in [0.25, 0.3) is 0 Å². The fourth-order valence-corrected chi connectivity index (χ4v) is 0.466. The van der Waals surface area contributed by atoms with Crippen molar-refractivity contribution >= 4 is 0 Å². The van der Waals surface area contributed by atoms with Crippen molar-refractivity contribution in [1.29, 1.82) is 0 Å². The van der Waals surface area contributed by atoms with Gasteiger partial charge in [0.15, 0.2) is 0 Å². The van der Waals surface area contributed by atoms with Crippen LogP contribution in [0.15, 0.2) is 11.9 Å². The predicted octanol–water partition coefficient (Wildman–Crippen LogP) is 2.89. The first kappa shape index (κ1) is 14.1. The monoisotopic (exact) mass is 247 g/mol. The summed E-state index contributed by atoms with van der Waals surface area (Å²) in [6.45, 7) is 0. The molecule has 0 aliphatic carbocycles. The summed E-state index contributed by atoms with van der Waals surface area (Å²) in [6, 6.07) is -5.84. The molecule has 0 aliphatic rings. The van der Waals surface area contributed by atoms with Crippen molar-refractivity contribution in [3.63, 3.8) is 0 Å². The van der Waals surface area contributed by atoms with Crippen LogP contribution in [-0.2, 0) is 0 Å². The van der Waals surface area contributed by atoms with E-state index in [1.807, 2.05) is 0 Å². The van der Waals surface area contributed by atoms with E-state index in [-0.39, 0.29) is 0 Å². The fourth-order valence-electron chi connectivity index (χ4n) is 0.466. The van der Waals surface area contributed by atoms with E-state index >= 15 is 0 Å². The van der Waals surface area contributed by atoms with Gasteiger partial charge in [0.1, 0.15) is 0 Å². The molecule has 1 nitrogen and oxygen atoms in total. The molecule has 0 aromatic heterocycles. The van der Waals surface area contributed by atoms with Gasteiger partial charge in [-0.05, 0) is 0 Å². The smallest absolute Gasteiger partial charge is 0.267 e. The maximum absolute atomic E-state index is 12.1.